The lowest BCUT2D eigenvalue weighted by atomic mass is 9.85. The van der Waals surface area contributed by atoms with Crippen LogP contribution in [0.25, 0.3) is 0 Å². The van der Waals surface area contributed by atoms with Gasteiger partial charge in [0, 0.05) is 18.3 Å². The van der Waals surface area contributed by atoms with Crippen LogP contribution in [0.15, 0.2) is 22.7 Å². The first-order valence-corrected chi connectivity index (χ1v) is 7.23. The standard InChI is InChI=1S/C13H16BrN3O3/c14-10-7-9(3-4-11(10)17(19)20)16-12(18)13(8-15)5-1-2-6-13/h3-4,7H,1-2,5-6,8,15H2,(H,16,18). The molecule has 1 aromatic carbocycles. The first kappa shape index (κ1) is 14.9. The van der Waals surface area contributed by atoms with E-state index in [0.29, 0.717) is 16.7 Å². The number of halogens is 1. The molecule has 0 bridgehead atoms. The zero-order chi connectivity index (χ0) is 14.8. The molecule has 1 aliphatic rings. The van der Waals surface area contributed by atoms with Crippen LogP contribution in [0.3, 0.4) is 0 Å². The quantitative estimate of drug-likeness (QED) is 0.649. The highest BCUT2D eigenvalue weighted by atomic mass is 79.9. The summed E-state index contributed by atoms with van der Waals surface area (Å²) in [7, 11) is 0. The van der Waals surface area contributed by atoms with Crippen molar-refractivity contribution in [3.05, 3.63) is 32.8 Å². The number of nitrogens with one attached hydrogen (secondary N) is 1. The van der Waals surface area contributed by atoms with Gasteiger partial charge in [-0.3, -0.25) is 14.9 Å². The molecule has 0 atom stereocenters. The third-order valence-electron chi connectivity index (χ3n) is 3.84. The van der Waals surface area contributed by atoms with Crippen LogP contribution in [0.1, 0.15) is 25.7 Å². The molecule has 20 heavy (non-hydrogen) atoms. The molecule has 0 unspecified atom stereocenters. The predicted octanol–water partition coefficient (Wildman–Crippen LogP) is 2.81. The summed E-state index contributed by atoms with van der Waals surface area (Å²) in [5, 5.41) is 13.5. The van der Waals surface area contributed by atoms with Crippen LogP contribution in [0.5, 0.6) is 0 Å². The number of benzene rings is 1. The second-order valence-corrected chi connectivity index (χ2v) is 5.92. The average Bonchev–Trinajstić information content (AvgIpc) is 2.88. The molecule has 0 aromatic heterocycles. The highest BCUT2D eigenvalue weighted by molar-refractivity contribution is 9.10. The summed E-state index contributed by atoms with van der Waals surface area (Å²) >= 11 is 3.13. The van der Waals surface area contributed by atoms with E-state index in [1.807, 2.05) is 0 Å². The lowest BCUT2D eigenvalue weighted by Gasteiger charge is -2.25. The molecule has 0 aliphatic heterocycles. The van der Waals surface area contributed by atoms with E-state index in [9.17, 15) is 14.9 Å². The SMILES string of the molecule is NCC1(C(=O)Nc2ccc([N+](=O)[O-])c(Br)c2)CCCC1. The molecule has 1 aromatic rings. The summed E-state index contributed by atoms with van der Waals surface area (Å²) in [6, 6.07) is 4.43. The van der Waals surface area contributed by atoms with Gasteiger partial charge in [-0.05, 0) is 40.9 Å². The van der Waals surface area contributed by atoms with Crippen molar-refractivity contribution in [3.63, 3.8) is 0 Å². The number of hydrogen-bond acceptors (Lipinski definition) is 4. The number of carbonyl (C=O) groups excluding carboxylic acids is 1. The summed E-state index contributed by atoms with van der Waals surface area (Å²) in [6.45, 7) is 0.326. The molecule has 1 aliphatic carbocycles. The second-order valence-electron chi connectivity index (χ2n) is 5.07. The number of carbonyl (C=O) groups is 1. The van der Waals surface area contributed by atoms with Crippen LogP contribution in [-0.2, 0) is 4.79 Å². The molecule has 1 amide bonds. The maximum Gasteiger partial charge on any atom is 0.283 e. The van der Waals surface area contributed by atoms with Gasteiger partial charge in [-0.15, -0.1) is 0 Å². The maximum absolute atomic E-state index is 12.4. The number of nitrogens with two attached hydrogens (primary N) is 1. The van der Waals surface area contributed by atoms with Gasteiger partial charge >= 0.3 is 0 Å². The number of anilines is 1. The van der Waals surface area contributed by atoms with E-state index in [-0.39, 0.29) is 11.6 Å². The maximum atomic E-state index is 12.4. The molecule has 1 saturated carbocycles. The lowest BCUT2D eigenvalue weighted by Crippen LogP contribution is -2.40. The van der Waals surface area contributed by atoms with Gasteiger partial charge in [0.2, 0.25) is 5.91 Å². The Labute approximate surface area is 125 Å². The lowest BCUT2D eigenvalue weighted by molar-refractivity contribution is -0.385. The monoisotopic (exact) mass is 341 g/mol. The molecule has 3 N–H and O–H groups in total. The zero-order valence-corrected chi connectivity index (χ0v) is 12.5. The van der Waals surface area contributed by atoms with Crippen molar-refractivity contribution in [2.75, 3.05) is 11.9 Å². The predicted molar refractivity (Wildman–Crippen MR) is 79.4 cm³/mol. The van der Waals surface area contributed by atoms with Crippen LogP contribution in [-0.4, -0.2) is 17.4 Å². The molecule has 0 spiro atoms. The van der Waals surface area contributed by atoms with Crippen molar-refractivity contribution < 1.29 is 9.72 Å². The topological polar surface area (TPSA) is 98.3 Å². The zero-order valence-electron chi connectivity index (χ0n) is 10.9. The Hall–Kier alpha value is -1.47. The van der Waals surface area contributed by atoms with Crippen molar-refractivity contribution in [1.29, 1.82) is 0 Å². The average molecular weight is 342 g/mol. The van der Waals surface area contributed by atoms with Gasteiger partial charge in [0.05, 0.1) is 14.8 Å². The Kier molecular flexibility index (Phi) is 4.39. The van der Waals surface area contributed by atoms with Crippen molar-refractivity contribution in [1.82, 2.24) is 0 Å². The Morgan fingerprint density at radius 1 is 1.45 bits per heavy atom. The van der Waals surface area contributed by atoms with Gasteiger partial charge < -0.3 is 11.1 Å². The smallest absolute Gasteiger partial charge is 0.283 e. The molecule has 7 heteroatoms. The highest BCUT2D eigenvalue weighted by Gasteiger charge is 2.39. The molecule has 0 radical (unpaired) electrons. The normalized spacial score (nSPS) is 16.9. The molecule has 0 heterocycles. The Morgan fingerprint density at radius 3 is 2.60 bits per heavy atom. The minimum absolute atomic E-state index is 0.0302. The third-order valence-corrected chi connectivity index (χ3v) is 4.47. The van der Waals surface area contributed by atoms with Crippen LogP contribution >= 0.6 is 15.9 Å². The Morgan fingerprint density at radius 2 is 2.10 bits per heavy atom. The van der Waals surface area contributed by atoms with E-state index in [2.05, 4.69) is 21.2 Å². The van der Waals surface area contributed by atoms with Crippen molar-refractivity contribution in [2.45, 2.75) is 25.7 Å². The summed E-state index contributed by atoms with van der Waals surface area (Å²) in [6.07, 6.45) is 3.61. The van der Waals surface area contributed by atoms with E-state index >= 15 is 0 Å². The van der Waals surface area contributed by atoms with Crippen molar-refractivity contribution in [3.8, 4) is 0 Å². The van der Waals surface area contributed by atoms with Crippen LogP contribution in [0.2, 0.25) is 0 Å². The molecular weight excluding hydrogens is 326 g/mol. The molecule has 108 valence electrons. The number of nitro groups is 1. The summed E-state index contributed by atoms with van der Waals surface area (Å²) in [5.41, 5.74) is 5.77. The number of amides is 1. The molecule has 2 rings (SSSR count). The fraction of sp³-hybridized carbons (Fsp3) is 0.462. The van der Waals surface area contributed by atoms with E-state index in [0.717, 1.165) is 25.7 Å². The summed E-state index contributed by atoms with van der Waals surface area (Å²) in [4.78, 5) is 22.6. The van der Waals surface area contributed by atoms with Crippen LogP contribution in [0, 0.1) is 15.5 Å². The van der Waals surface area contributed by atoms with Gasteiger partial charge in [-0.1, -0.05) is 12.8 Å². The fourth-order valence-corrected chi connectivity index (χ4v) is 3.10. The van der Waals surface area contributed by atoms with Crippen LogP contribution in [0.4, 0.5) is 11.4 Å². The molecule has 0 saturated heterocycles. The minimum atomic E-state index is -0.492. The molecule has 6 nitrogen and oxygen atoms in total. The molecule has 1 fully saturated rings. The van der Waals surface area contributed by atoms with E-state index in [1.54, 1.807) is 0 Å². The van der Waals surface area contributed by atoms with Gasteiger partial charge in [-0.2, -0.15) is 0 Å². The van der Waals surface area contributed by atoms with Crippen LogP contribution < -0.4 is 11.1 Å². The summed E-state index contributed by atoms with van der Waals surface area (Å²) in [5.74, 6) is -0.0988. The Balaban J connectivity index is 2.16. The fourth-order valence-electron chi connectivity index (χ4n) is 2.57. The van der Waals surface area contributed by atoms with Gasteiger partial charge in [0.1, 0.15) is 0 Å². The van der Waals surface area contributed by atoms with E-state index < -0.39 is 10.3 Å². The number of hydrogen-bond donors (Lipinski definition) is 2. The Bertz CT molecular complexity index is 542. The highest BCUT2D eigenvalue weighted by Crippen LogP contribution is 2.38. The first-order valence-electron chi connectivity index (χ1n) is 6.44. The van der Waals surface area contributed by atoms with E-state index in [4.69, 9.17) is 5.73 Å². The van der Waals surface area contributed by atoms with Gasteiger partial charge in [-0.25, -0.2) is 0 Å². The van der Waals surface area contributed by atoms with Gasteiger partial charge in [0.15, 0.2) is 0 Å². The third kappa shape index (κ3) is 2.83. The number of nitro benzene ring substituents is 1. The number of nitrogens with zero attached hydrogens (tertiary/aromatic N) is 1. The molecular formula is C13H16BrN3O3. The second kappa shape index (κ2) is 5.88. The van der Waals surface area contributed by atoms with Gasteiger partial charge in [0.25, 0.3) is 5.69 Å². The first-order chi connectivity index (χ1) is 9.48. The largest absolute Gasteiger partial charge is 0.329 e. The van der Waals surface area contributed by atoms with Crippen molar-refractivity contribution in [2.24, 2.45) is 11.1 Å². The number of rotatable bonds is 4. The van der Waals surface area contributed by atoms with Crippen molar-refractivity contribution >= 4 is 33.2 Å². The minimum Gasteiger partial charge on any atom is -0.329 e. The van der Waals surface area contributed by atoms with E-state index in [1.165, 1.54) is 18.2 Å². The summed E-state index contributed by atoms with van der Waals surface area (Å²) < 4.78 is 0.341.